The summed E-state index contributed by atoms with van der Waals surface area (Å²) in [6.07, 6.45) is 2.22. The van der Waals surface area contributed by atoms with Crippen molar-refractivity contribution in [3.8, 4) is 0 Å². The van der Waals surface area contributed by atoms with Gasteiger partial charge in [0.15, 0.2) is 0 Å². The molecule has 18 heavy (non-hydrogen) atoms. The minimum Gasteiger partial charge on any atom is -0.870 e. The molecule has 4 nitrogen and oxygen atoms in total. The molecule has 5 heteroatoms. The summed E-state index contributed by atoms with van der Waals surface area (Å²) < 4.78 is 0. The van der Waals surface area contributed by atoms with E-state index in [0.717, 1.165) is 37.4 Å². The van der Waals surface area contributed by atoms with E-state index >= 15 is 0 Å². The predicted molar refractivity (Wildman–Crippen MR) is 70.0 cm³/mol. The van der Waals surface area contributed by atoms with Gasteiger partial charge in [0.1, 0.15) is 0 Å². The number of hydrogen-bond acceptors (Lipinski definition) is 3. The first kappa shape index (κ1) is 16.7. The number of hydrogen-bond donors (Lipinski definition) is 0. The smallest absolute Gasteiger partial charge is 0.870 e. The maximum atomic E-state index is 12.1. The maximum Gasteiger partial charge on any atom is -0.870 e. The molecule has 1 aromatic carbocycles. The van der Waals surface area contributed by atoms with E-state index < -0.39 is 0 Å². The van der Waals surface area contributed by atoms with E-state index in [4.69, 9.17) is 7.85 Å². The van der Waals surface area contributed by atoms with Gasteiger partial charge in [-0.1, -0.05) is 0 Å². The fourth-order valence-corrected chi connectivity index (χ4v) is 2.02. The Bertz CT molecular complexity index is 372. The summed E-state index contributed by atoms with van der Waals surface area (Å²) in [6.45, 7) is 4.00. The van der Waals surface area contributed by atoms with Crippen LogP contribution in [0, 0.1) is 5.92 Å². The molecule has 0 saturated carbocycles. The number of benzene rings is 1. The minimum atomic E-state index is 0. The Balaban J connectivity index is 0.00000144. The van der Waals surface area contributed by atoms with Crippen LogP contribution in [0.15, 0.2) is 24.3 Å². The third kappa shape index (κ3) is 3.86. The SMILES string of the molecule is [B+2]c1ccc(C(=O)N2CCC(C)CC2)cc1.[OH-].[OH-]. The van der Waals surface area contributed by atoms with Crippen LogP contribution in [0.1, 0.15) is 30.1 Å². The number of rotatable bonds is 1. The van der Waals surface area contributed by atoms with Gasteiger partial charge in [-0.15, -0.1) is 0 Å². The Morgan fingerprint density at radius 2 is 1.67 bits per heavy atom. The molecule has 0 aromatic heterocycles. The van der Waals surface area contributed by atoms with E-state index in [2.05, 4.69) is 6.92 Å². The van der Waals surface area contributed by atoms with E-state index in [0.29, 0.717) is 5.46 Å². The molecule has 1 heterocycles. The van der Waals surface area contributed by atoms with Gasteiger partial charge in [0.2, 0.25) is 0 Å². The van der Waals surface area contributed by atoms with Crippen molar-refractivity contribution in [2.24, 2.45) is 5.92 Å². The van der Waals surface area contributed by atoms with E-state index in [1.807, 2.05) is 4.90 Å². The van der Waals surface area contributed by atoms with Crippen LogP contribution in [0.5, 0.6) is 0 Å². The zero-order valence-electron chi connectivity index (χ0n) is 10.5. The van der Waals surface area contributed by atoms with Crippen molar-refractivity contribution in [1.29, 1.82) is 0 Å². The number of piperidine rings is 1. The van der Waals surface area contributed by atoms with Crippen molar-refractivity contribution in [1.82, 2.24) is 4.90 Å². The van der Waals surface area contributed by atoms with Crippen LogP contribution in [0.25, 0.3) is 0 Å². The second-order valence-corrected chi connectivity index (χ2v) is 4.60. The maximum absolute atomic E-state index is 12.1. The zero-order chi connectivity index (χ0) is 11.5. The van der Waals surface area contributed by atoms with Gasteiger partial charge in [0.05, 0.1) is 0 Å². The third-order valence-electron chi connectivity index (χ3n) is 3.23. The fraction of sp³-hybridized carbons (Fsp3) is 0.462. The number of carbonyl (C=O) groups is 1. The Kier molecular flexibility index (Phi) is 6.66. The van der Waals surface area contributed by atoms with Crippen LogP contribution in [0.3, 0.4) is 0 Å². The molecule has 1 aliphatic heterocycles. The van der Waals surface area contributed by atoms with E-state index in [9.17, 15) is 4.79 Å². The molecule has 0 aliphatic carbocycles. The number of amides is 1. The molecule has 1 aliphatic rings. The number of nitrogens with zero attached hydrogens (tertiary/aromatic N) is 1. The molecule has 2 N–H and O–H groups in total. The molecular weight excluding hydrogens is 229 g/mol. The molecule has 2 rings (SSSR count). The van der Waals surface area contributed by atoms with E-state index in [1.165, 1.54) is 0 Å². The van der Waals surface area contributed by atoms with Gasteiger partial charge in [-0.2, -0.15) is 0 Å². The summed E-state index contributed by atoms with van der Waals surface area (Å²) in [6, 6.07) is 7.16. The molecule has 0 unspecified atom stereocenters. The van der Waals surface area contributed by atoms with Crippen LogP contribution < -0.4 is 5.46 Å². The Labute approximate surface area is 109 Å². The van der Waals surface area contributed by atoms with Crippen molar-refractivity contribution < 1.29 is 15.7 Å². The second-order valence-electron chi connectivity index (χ2n) is 4.60. The predicted octanol–water partition coefficient (Wildman–Crippen LogP) is 0.999. The van der Waals surface area contributed by atoms with E-state index in [-0.39, 0.29) is 16.9 Å². The van der Waals surface area contributed by atoms with Crippen molar-refractivity contribution >= 4 is 19.2 Å². The minimum absolute atomic E-state index is 0. The fourth-order valence-electron chi connectivity index (χ4n) is 2.02. The molecule has 1 amide bonds. The van der Waals surface area contributed by atoms with Crippen LogP contribution in [-0.2, 0) is 0 Å². The molecule has 0 atom stereocenters. The molecule has 0 radical (unpaired) electrons. The molecule has 0 bridgehead atoms. The summed E-state index contributed by atoms with van der Waals surface area (Å²) >= 11 is 0. The first-order valence-corrected chi connectivity index (χ1v) is 5.81. The molecule has 1 fully saturated rings. The Hall–Kier alpha value is -1.33. The number of likely N-dealkylation sites (tertiary alicyclic amines) is 1. The average Bonchev–Trinajstić information content (AvgIpc) is 2.30. The molecular formula is C13H18BNO3. The van der Waals surface area contributed by atoms with Gasteiger partial charge < -0.3 is 11.0 Å². The zero-order valence-corrected chi connectivity index (χ0v) is 10.5. The van der Waals surface area contributed by atoms with Crippen molar-refractivity contribution in [2.45, 2.75) is 19.8 Å². The van der Waals surface area contributed by atoms with Gasteiger partial charge in [-0.3, -0.25) is 0 Å². The monoisotopic (exact) mass is 247 g/mol. The standard InChI is InChI=1S/C13H16BNO.2H2O/c1-10-6-8-15(9-7-10)13(16)11-2-4-12(14)5-3-11;;/h2-5,10H,6-9H2,1H3;2*1H2/q+2;;/p-2. The summed E-state index contributed by atoms with van der Waals surface area (Å²) in [4.78, 5) is 14.0. The van der Waals surface area contributed by atoms with Gasteiger partial charge >= 0.3 is 97.5 Å². The largest absolute Gasteiger partial charge is 0.870 e. The normalized spacial score (nSPS) is 15.6. The summed E-state index contributed by atoms with van der Waals surface area (Å²) in [5.74, 6) is 0.877. The average molecular weight is 247 g/mol. The van der Waals surface area contributed by atoms with Gasteiger partial charge in [-0.25, -0.2) is 0 Å². The van der Waals surface area contributed by atoms with Crippen molar-refractivity contribution in [3.05, 3.63) is 29.8 Å². The molecule has 0 spiro atoms. The Morgan fingerprint density at radius 3 is 2.17 bits per heavy atom. The first-order valence-electron chi connectivity index (χ1n) is 5.81. The van der Waals surface area contributed by atoms with Crippen molar-refractivity contribution in [3.63, 3.8) is 0 Å². The van der Waals surface area contributed by atoms with Crippen LogP contribution in [-0.4, -0.2) is 42.7 Å². The van der Waals surface area contributed by atoms with Gasteiger partial charge in [-0.05, 0) is 0 Å². The Morgan fingerprint density at radius 1 is 1.17 bits per heavy atom. The second kappa shape index (κ2) is 7.19. The van der Waals surface area contributed by atoms with Crippen LogP contribution in [0.4, 0.5) is 0 Å². The topological polar surface area (TPSA) is 80.3 Å². The summed E-state index contributed by atoms with van der Waals surface area (Å²) in [5, 5.41) is 0. The summed E-state index contributed by atoms with van der Waals surface area (Å²) in [7, 11) is 5.60. The van der Waals surface area contributed by atoms with Crippen LogP contribution >= 0.6 is 0 Å². The molecule has 1 saturated heterocycles. The third-order valence-corrected chi connectivity index (χ3v) is 3.23. The van der Waals surface area contributed by atoms with Crippen LogP contribution in [0.2, 0.25) is 0 Å². The first-order chi connectivity index (χ1) is 7.66. The van der Waals surface area contributed by atoms with Gasteiger partial charge in [0, 0.05) is 0 Å². The van der Waals surface area contributed by atoms with Gasteiger partial charge in [0.25, 0.3) is 0 Å². The molecule has 96 valence electrons. The summed E-state index contributed by atoms with van der Waals surface area (Å²) in [5.41, 5.74) is 1.44. The van der Waals surface area contributed by atoms with E-state index in [1.54, 1.807) is 24.3 Å². The number of carbonyl (C=O) groups excluding carboxylic acids is 1. The molecule has 1 aromatic rings. The van der Waals surface area contributed by atoms with Crippen molar-refractivity contribution in [2.75, 3.05) is 13.1 Å². The quantitative estimate of drug-likeness (QED) is 0.694.